The fourth-order valence-corrected chi connectivity index (χ4v) is 3.23. The number of imide groups is 1. The number of fused-ring (bicyclic) bond motifs is 1. The van der Waals surface area contributed by atoms with Gasteiger partial charge in [0.25, 0.3) is 11.8 Å². The molecular formula is C22H19F2NO5. The van der Waals surface area contributed by atoms with Crippen LogP contribution in [0.15, 0.2) is 42.5 Å². The van der Waals surface area contributed by atoms with Crippen LogP contribution >= 0.6 is 0 Å². The van der Waals surface area contributed by atoms with Gasteiger partial charge < -0.3 is 4.74 Å². The zero-order valence-corrected chi connectivity index (χ0v) is 16.4. The van der Waals surface area contributed by atoms with Gasteiger partial charge in [-0.3, -0.25) is 19.3 Å². The van der Waals surface area contributed by atoms with Crippen molar-refractivity contribution < 1.29 is 32.7 Å². The molecule has 0 unspecified atom stereocenters. The van der Waals surface area contributed by atoms with E-state index in [4.69, 9.17) is 4.74 Å². The fraction of sp³-hybridized carbons (Fsp3) is 0.273. The van der Waals surface area contributed by atoms with Crippen molar-refractivity contribution in [2.24, 2.45) is 5.92 Å². The van der Waals surface area contributed by atoms with Gasteiger partial charge in [-0.1, -0.05) is 26.0 Å². The van der Waals surface area contributed by atoms with Gasteiger partial charge in [-0.15, -0.1) is 0 Å². The molecule has 6 nitrogen and oxygen atoms in total. The molecule has 3 rings (SSSR count). The number of Topliss-reactive ketones (excluding diaryl/α,β-unsaturated/α-hetero) is 1. The highest BCUT2D eigenvalue weighted by molar-refractivity contribution is 6.22. The van der Waals surface area contributed by atoms with Gasteiger partial charge in [-0.05, 0) is 42.7 Å². The molecule has 1 atom stereocenters. The van der Waals surface area contributed by atoms with Crippen LogP contribution in [0.25, 0.3) is 0 Å². The van der Waals surface area contributed by atoms with Crippen molar-refractivity contribution in [1.82, 2.24) is 4.90 Å². The maximum absolute atomic E-state index is 13.3. The van der Waals surface area contributed by atoms with E-state index in [-0.39, 0.29) is 29.0 Å². The number of esters is 1. The summed E-state index contributed by atoms with van der Waals surface area (Å²) >= 11 is 0. The molecule has 0 aromatic heterocycles. The highest BCUT2D eigenvalue weighted by Crippen LogP contribution is 2.27. The highest BCUT2D eigenvalue weighted by atomic mass is 19.2. The van der Waals surface area contributed by atoms with Crippen LogP contribution in [0.4, 0.5) is 8.78 Å². The molecular weight excluding hydrogens is 396 g/mol. The minimum absolute atomic E-state index is 0.0613. The summed E-state index contributed by atoms with van der Waals surface area (Å²) in [7, 11) is 0. The molecule has 0 bridgehead atoms. The molecule has 30 heavy (non-hydrogen) atoms. The van der Waals surface area contributed by atoms with Crippen LogP contribution in [-0.2, 0) is 9.53 Å². The predicted octanol–water partition coefficient (Wildman–Crippen LogP) is 3.40. The molecule has 2 aromatic rings. The van der Waals surface area contributed by atoms with E-state index in [0.717, 1.165) is 17.0 Å². The zero-order valence-electron chi connectivity index (χ0n) is 16.4. The summed E-state index contributed by atoms with van der Waals surface area (Å²) in [4.78, 5) is 51.2. The van der Waals surface area contributed by atoms with E-state index in [1.807, 2.05) is 13.8 Å². The minimum atomic E-state index is -1.21. The van der Waals surface area contributed by atoms with Gasteiger partial charge in [-0.25, -0.2) is 13.6 Å². The monoisotopic (exact) mass is 415 g/mol. The molecule has 156 valence electrons. The van der Waals surface area contributed by atoms with E-state index in [0.29, 0.717) is 6.07 Å². The zero-order chi connectivity index (χ0) is 22.0. The van der Waals surface area contributed by atoms with Crippen molar-refractivity contribution in [3.8, 4) is 0 Å². The summed E-state index contributed by atoms with van der Waals surface area (Å²) in [5, 5.41) is 0. The lowest BCUT2D eigenvalue weighted by molar-refractivity contribution is -0.147. The number of rotatable bonds is 7. The molecule has 0 saturated carbocycles. The third-order valence-corrected chi connectivity index (χ3v) is 4.69. The minimum Gasteiger partial charge on any atom is -0.456 e. The van der Waals surface area contributed by atoms with Crippen molar-refractivity contribution in [3.63, 3.8) is 0 Å². The molecule has 2 amide bonds. The predicted molar refractivity (Wildman–Crippen MR) is 102 cm³/mol. The summed E-state index contributed by atoms with van der Waals surface area (Å²) in [5.74, 6) is -5.24. The second-order valence-electron chi connectivity index (χ2n) is 7.33. The van der Waals surface area contributed by atoms with E-state index in [1.54, 1.807) is 12.1 Å². The molecule has 1 aliphatic rings. The Kier molecular flexibility index (Phi) is 6.05. The number of amides is 2. The molecule has 8 heteroatoms. The Bertz CT molecular complexity index is 999. The number of halogens is 2. The third-order valence-electron chi connectivity index (χ3n) is 4.69. The van der Waals surface area contributed by atoms with Crippen LogP contribution in [0.1, 0.15) is 51.3 Å². The number of benzene rings is 2. The molecule has 0 fully saturated rings. The Labute approximate surface area is 171 Å². The van der Waals surface area contributed by atoms with E-state index in [9.17, 15) is 28.0 Å². The van der Waals surface area contributed by atoms with Gasteiger partial charge in [0.1, 0.15) is 6.04 Å². The smallest absolute Gasteiger partial charge is 0.329 e. The molecule has 1 heterocycles. The van der Waals surface area contributed by atoms with Gasteiger partial charge in [0.05, 0.1) is 11.1 Å². The molecule has 0 radical (unpaired) electrons. The van der Waals surface area contributed by atoms with Crippen LogP contribution in [0.2, 0.25) is 0 Å². The average molecular weight is 415 g/mol. The highest BCUT2D eigenvalue weighted by Gasteiger charge is 2.43. The molecule has 0 aliphatic carbocycles. The second-order valence-corrected chi connectivity index (χ2v) is 7.33. The number of ketones is 1. The topological polar surface area (TPSA) is 80.8 Å². The quantitative estimate of drug-likeness (QED) is 0.393. The van der Waals surface area contributed by atoms with E-state index >= 15 is 0 Å². The molecule has 0 N–H and O–H groups in total. The van der Waals surface area contributed by atoms with Crippen molar-refractivity contribution in [1.29, 1.82) is 0 Å². The summed E-state index contributed by atoms with van der Waals surface area (Å²) < 4.78 is 31.4. The van der Waals surface area contributed by atoms with Crippen molar-refractivity contribution in [2.75, 3.05) is 6.61 Å². The molecule has 2 aromatic carbocycles. The normalized spacial score (nSPS) is 14.1. The number of hydrogen-bond acceptors (Lipinski definition) is 5. The summed E-state index contributed by atoms with van der Waals surface area (Å²) in [6, 6.07) is 7.60. The fourth-order valence-electron chi connectivity index (χ4n) is 3.23. The van der Waals surface area contributed by atoms with E-state index < -0.39 is 47.9 Å². The number of hydrogen-bond donors (Lipinski definition) is 0. The Morgan fingerprint density at radius 3 is 2.10 bits per heavy atom. The molecule has 0 spiro atoms. The lowest BCUT2D eigenvalue weighted by Gasteiger charge is -2.25. The van der Waals surface area contributed by atoms with Crippen LogP contribution < -0.4 is 0 Å². The first-order valence-electron chi connectivity index (χ1n) is 9.32. The van der Waals surface area contributed by atoms with E-state index in [2.05, 4.69) is 0 Å². The van der Waals surface area contributed by atoms with Crippen molar-refractivity contribution in [3.05, 3.63) is 70.8 Å². The van der Waals surface area contributed by atoms with Crippen molar-refractivity contribution in [2.45, 2.75) is 26.3 Å². The van der Waals surface area contributed by atoms with Crippen LogP contribution in [-0.4, -0.2) is 41.1 Å². The first kappa shape index (κ1) is 21.3. The number of nitrogens with zero attached hydrogens (tertiary/aromatic N) is 1. The Morgan fingerprint density at radius 1 is 0.967 bits per heavy atom. The van der Waals surface area contributed by atoms with Gasteiger partial charge in [0.15, 0.2) is 24.0 Å². The van der Waals surface area contributed by atoms with Gasteiger partial charge in [-0.2, -0.15) is 0 Å². The van der Waals surface area contributed by atoms with E-state index in [1.165, 1.54) is 12.1 Å². The van der Waals surface area contributed by atoms with Crippen LogP contribution in [0.5, 0.6) is 0 Å². The summed E-state index contributed by atoms with van der Waals surface area (Å²) in [6.07, 6.45) is 0.143. The maximum Gasteiger partial charge on any atom is 0.329 e. The third kappa shape index (κ3) is 4.12. The Balaban J connectivity index is 1.76. The SMILES string of the molecule is CC(C)C[C@H](C(=O)OCC(=O)c1ccc(F)c(F)c1)N1C(=O)c2ccccc2C1=O. The summed E-state index contributed by atoms with van der Waals surface area (Å²) in [6.45, 7) is 2.89. The largest absolute Gasteiger partial charge is 0.456 e. The Morgan fingerprint density at radius 2 is 1.57 bits per heavy atom. The first-order chi connectivity index (χ1) is 14.2. The number of carbonyl (C=O) groups is 4. The van der Waals surface area contributed by atoms with Gasteiger partial charge >= 0.3 is 5.97 Å². The lowest BCUT2D eigenvalue weighted by atomic mass is 10.0. The van der Waals surface area contributed by atoms with Crippen LogP contribution in [0, 0.1) is 17.6 Å². The van der Waals surface area contributed by atoms with Gasteiger partial charge in [0, 0.05) is 5.56 Å². The summed E-state index contributed by atoms with van der Waals surface area (Å²) in [5.41, 5.74) is 0.228. The van der Waals surface area contributed by atoms with Crippen LogP contribution in [0.3, 0.4) is 0 Å². The Hall–Kier alpha value is -3.42. The second kappa shape index (κ2) is 8.52. The molecule has 1 aliphatic heterocycles. The molecule has 0 saturated heterocycles. The first-order valence-corrected chi connectivity index (χ1v) is 9.32. The number of carbonyl (C=O) groups excluding carboxylic acids is 4. The average Bonchev–Trinajstić information content (AvgIpc) is 2.96. The lowest BCUT2D eigenvalue weighted by Crippen LogP contribution is -2.46. The van der Waals surface area contributed by atoms with Gasteiger partial charge in [0.2, 0.25) is 0 Å². The number of ether oxygens (including phenoxy) is 1. The maximum atomic E-state index is 13.3. The van der Waals surface area contributed by atoms with Crippen molar-refractivity contribution >= 4 is 23.6 Å². The standard InChI is InChI=1S/C22H19F2NO5/c1-12(2)9-18(25-20(27)14-5-3-4-6-15(14)21(25)28)22(29)30-11-19(26)13-7-8-16(23)17(24)10-13/h3-8,10,12,18H,9,11H2,1-2H3/t18-/m1/s1.